The van der Waals surface area contributed by atoms with E-state index in [2.05, 4.69) is 10.3 Å². The number of aryl methyl sites for hydroxylation is 1. The van der Waals surface area contributed by atoms with Gasteiger partial charge < -0.3 is 10.3 Å². The third-order valence-corrected chi connectivity index (χ3v) is 3.55. The monoisotopic (exact) mass is 327 g/mol. The molecule has 0 saturated carbocycles. The first-order valence-electron chi connectivity index (χ1n) is 6.91. The van der Waals surface area contributed by atoms with Gasteiger partial charge in [-0.2, -0.15) is 13.2 Å². The van der Waals surface area contributed by atoms with Gasteiger partial charge in [0.2, 0.25) is 5.91 Å². The van der Waals surface area contributed by atoms with Crippen molar-refractivity contribution in [3.05, 3.63) is 51.7 Å². The Balaban J connectivity index is 1.96. The first kappa shape index (κ1) is 16.9. The number of carbonyl (C=O) groups is 1. The Morgan fingerprint density at radius 1 is 1.22 bits per heavy atom. The molecule has 0 atom stereocenters. The van der Waals surface area contributed by atoms with Gasteiger partial charge in [-0.1, -0.05) is 0 Å². The van der Waals surface area contributed by atoms with Gasteiger partial charge >= 0.3 is 11.9 Å². The van der Waals surface area contributed by atoms with E-state index in [0.29, 0.717) is 0 Å². The maximum atomic E-state index is 12.4. The summed E-state index contributed by atoms with van der Waals surface area (Å²) in [6.07, 6.45) is -4.37. The molecule has 124 valence electrons. The van der Waals surface area contributed by atoms with Crippen LogP contribution < -0.4 is 11.0 Å². The molecule has 1 heterocycles. The van der Waals surface area contributed by atoms with Gasteiger partial charge in [-0.3, -0.25) is 9.36 Å². The Labute approximate surface area is 130 Å². The molecule has 0 aliphatic rings. The number of hydrogen-bond acceptors (Lipinski definition) is 2. The molecule has 2 aromatic rings. The number of hydrogen-bond donors (Lipinski definition) is 2. The Kier molecular flexibility index (Phi) is 4.63. The minimum Gasteiger partial charge on any atom is -0.326 e. The lowest BCUT2D eigenvalue weighted by molar-refractivity contribution is -0.137. The summed E-state index contributed by atoms with van der Waals surface area (Å²) in [5.41, 5.74) is 0.690. The number of nitrogens with zero attached hydrogens (tertiary/aromatic N) is 1. The number of aromatic amines is 1. The highest BCUT2D eigenvalue weighted by atomic mass is 19.4. The van der Waals surface area contributed by atoms with Gasteiger partial charge in [0.1, 0.15) is 0 Å². The van der Waals surface area contributed by atoms with Crippen molar-refractivity contribution in [1.82, 2.24) is 9.55 Å². The fourth-order valence-electron chi connectivity index (χ4n) is 2.12. The summed E-state index contributed by atoms with van der Waals surface area (Å²) >= 11 is 0. The van der Waals surface area contributed by atoms with Gasteiger partial charge in [0.25, 0.3) is 0 Å². The highest BCUT2D eigenvalue weighted by Crippen LogP contribution is 2.29. The smallest absolute Gasteiger partial charge is 0.326 e. The van der Waals surface area contributed by atoms with Crippen LogP contribution in [-0.4, -0.2) is 15.5 Å². The van der Waals surface area contributed by atoms with Crippen molar-refractivity contribution in [1.29, 1.82) is 0 Å². The van der Waals surface area contributed by atoms with Crippen LogP contribution in [0, 0.1) is 13.8 Å². The number of nitrogens with one attached hydrogen (secondary N) is 2. The van der Waals surface area contributed by atoms with Crippen LogP contribution in [0.3, 0.4) is 0 Å². The van der Waals surface area contributed by atoms with Crippen LogP contribution in [0.2, 0.25) is 0 Å². The lowest BCUT2D eigenvalue weighted by Crippen LogP contribution is -2.22. The molecular weight excluding hydrogens is 311 g/mol. The molecule has 1 aromatic heterocycles. The standard InChI is InChI=1S/C15H16F3N3O2/c1-9-10(2)21(14(23)19-9)8-7-13(22)20-12-5-3-11(4-6-12)15(16,17)18/h3-6H,7-8H2,1-2H3,(H,19,23)(H,20,22). The number of halogens is 3. The predicted octanol–water partition coefficient (Wildman–Crippen LogP) is 2.84. The van der Waals surface area contributed by atoms with E-state index in [1.807, 2.05) is 0 Å². The predicted molar refractivity (Wildman–Crippen MR) is 79.2 cm³/mol. The zero-order valence-electron chi connectivity index (χ0n) is 12.6. The zero-order chi connectivity index (χ0) is 17.2. The summed E-state index contributed by atoms with van der Waals surface area (Å²) in [5, 5.41) is 2.50. The van der Waals surface area contributed by atoms with Crippen LogP contribution >= 0.6 is 0 Å². The topological polar surface area (TPSA) is 66.9 Å². The number of benzene rings is 1. The quantitative estimate of drug-likeness (QED) is 0.907. The Morgan fingerprint density at radius 2 is 1.83 bits per heavy atom. The number of carbonyl (C=O) groups excluding carboxylic acids is 1. The van der Waals surface area contributed by atoms with E-state index in [1.165, 1.54) is 16.7 Å². The second-order valence-electron chi connectivity index (χ2n) is 5.17. The molecule has 0 aliphatic carbocycles. The van der Waals surface area contributed by atoms with Crippen LogP contribution in [0.5, 0.6) is 0 Å². The van der Waals surface area contributed by atoms with Gasteiger partial charge in [0.15, 0.2) is 0 Å². The minimum absolute atomic E-state index is 0.0407. The van der Waals surface area contributed by atoms with E-state index in [9.17, 15) is 22.8 Å². The van der Waals surface area contributed by atoms with Gasteiger partial charge in [-0.15, -0.1) is 0 Å². The van der Waals surface area contributed by atoms with E-state index in [4.69, 9.17) is 0 Å². The molecule has 2 N–H and O–H groups in total. The van der Waals surface area contributed by atoms with Crippen LogP contribution in [-0.2, 0) is 17.5 Å². The summed E-state index contributed by atoms with van der Waals surface area (Å²) < 4.78 is 38.8. The van der Waals surface area contributed by atoms with Gasteiger partial charge in [0, 0.05) is 30.0 Å². The average molecular weight is 327 g/mol. The molecule has 1 aromatic carbocycles. The maximum Gasteiger partial charge on any atom is 0.416 e. The first-order chi connectivity index (χ1) is 10.7. The Morgan fingerprint density at radius 3 is 2.30 bits per heavy atom. The molecule has 8 heteroatoms. The maximum absolute atomic E-state index is 12.4. The molecule has 0 radical (unpaired) electrons. The SMILES string of the molecule is Cc1[nH]c(=O)n(CCC(=O)Nc2ccc(C(F)(F)F)cc2)c1C. The zero-order valence-corrected chi connectivity index (χ0v) is 12.6. The lowest BCUT2D eigenvalue weighted by atomic mass is 10.2. The molecule has 23 heavy (non-hydrogen) atoms. The first-order valence-corrected chi connectivity index (χ1v) is 6.91. The van der Waals surface area contributed by atoms with Gasteiger partial charge in [-0.05, 0) is 38.1 Å². The van der Waals surface area contributed by atoms with E-state index in [-0.39, 0.29) is 30.2 Å². The summed E-state index contributed by atoms with van der Waals surface area (Å²) in [4.78, 5) is 26.1. The Hall–Kier alpha value is -2.51. The van der Waals surface area contributed by atoms with Crippen molar-refractivity contribution in [2.45, 2.75) is 33.0 Å². The average Bonchev–Trinajstić information content (AvgIpc) is 2.70. The molecule has 1 amide bonds. The number of H-pyrrole nitrogens is 1. The van der Waals surface area contributed by atoms with Crippen LogP contribution in [0.1, 0.15) is 23.4 Å². The third-order valence-electron chi connectivity index (χ3n) is 3.55. The van der Waals surface area contributed by atoms with Crippen molar-refractivity contribution in [3.63, 3.8) is 0 Å². The fourth-order valence-corrected chi connectivity index (χ4v) is 2.12. The van der Waals surface area contributed by atoms with E-state index in [0.717, 1.165) is 23.5 Å². The second-order valence-corrected chi connectivity index (χ2v) is 5.17. The molecule has 2 rings (SSSR count). The molecular formula is C15H16F3N3O2. The molecule has 0 aliphatic heterocycles. The normalized spacial score (nSPS) is 11.5. The molecule has 5 nitrogen and oxygen atoms in total. The van der Waals surface area contributed by atoms with Crippen LogP contribution in [0.15, 0.2) is 29.1 Å². The van der Waals surface area contributed by atoms with Gasteiger partial charge in [0.05, 0.1) is 5.56 Å². The molecule has 0 saturated heterocycles. The van der Waals surface area contributed by atoms with Crippen molar-refractivity contribution in [2.75, 3.05) is 5.32 Å². The summed E-state index contributed by atoms with van der Waals surface area (Å²) in [6, 6.07) is 4.19. The van der Waals surface area contributed by atoms with E-state index in [1.54, 1.807) is 13.8 Å². The minimum atomic E-state index is -4.41. The van der Waals surface area contributed by atoms with Crippen molar-refractivity contribution in [3.8, 4) is 0 Å². The van der Waals surface area contributed by atoms with E-state index < -0.39 is 11.7 Å². The van der Waals surface area contributed by atoms with Crippen LogP contribution in [0.25, 0.3) is 0 Å². The number of amides is 1. The van der Waals surface area contributed by atoms with Crippen molar-refractivity contribution >= 4 is 11.6 Å². The summed E-state index contributed by atoms with van der Waals surface area (Å²) in [7, 11) is 0. The van der Waals surface area contributed by atoms with Crippen LogP contribution in [0.4, 0.5) is 18.9 Å². The number of aromatic nitrogens is 2. The fraction of sp³-hybridized carbons (Fsp3) is 0.333. The molecule has 0 fully saturated rings. The third kappa shape index (κ3) is 4.02. The lowest BCUT2D eigenvalue weighted by Gasteiger charge is -2.09. The number of alkyl halides is 3. The Bertz CT molecular complexity index is 758. The van der Waals surface area contributed by atoms with E-state index >= 15 is 0 Å². The summed E-state index contributed by atoms with van der Waals surface area (Å²) in [5.74, 6) is -0.380. The number of anilines is 1. The highest BCUT2D eigenvalue weighted by Gasteiger charge is 2.29. The number of rotatable bonds is 4. The molecule has 0 bridgehead atoms. The van der Waals surface area contributed by atoms with Crippen molar-refractivity contribution in [2.24, 2.45) is 0 Å². The largest absolute Gasteiger partial charge is 0.416 e. The molecule has 0 unspecified atom stereocenters. The number of imidazole rings is 1. The summed E-state index contributed by atoms with van der Waals surface area (Å²) in [6.45, 7) is 3.72. The molecule has 0 spiro atoms. The highest BCUT2D eigenvalue weighted by molar-refractivity contribution is 5.90. The van der Waals surface area contributed by atoms with Crippen molar-refractivity contribution < 1.29 is 18.0 Å². The second kappa shape index (κ2) is 6.31. The van der Waals surface area contributed by atoms with Gasteiger partial charge in [-0.25, -0.2) is 4.79 Å².